The van der Waals surface area contributed by atoms with Gasteiger partial charge in [0.2, 0.25) is 0 Å². The van der Waals surface area contributed by atoms with Crippen LogP contribution in [0.1, 0.15) is 30.6 Å². The minimum absolute atomic E-state index is 0.0169. The molecule has 0 amide bonds. The lowest BCUT2D eigenvalue weighted by molar-refractivity contribution is 0.241. The topological polar surface area (TPSA) is 74.2 Å². The van der Waals surface area contributed by atoms with Gasteiger partial charge in [-0.05, 0) is 37.5 Å². The van der Waals surface area contributed by atoms with Crippen molar-refractivity contribution in [2.45, 2.75) is 39.3 Å². The number of benzene rings is 1. The summed E-state index contributed by atoms with van der Waals surface area (Å²) in [6.45, 7) is 3.84. The van der Waals surface area contributed by atoms with Gasteiger partial charge in [0.25, 0.3) is 5.89 Å². The second-order valence-electron chi connectivity index (χ2n) is 4.69. The summed E-state index contributed by atoms with van der Waals surface area (Å²) in [6, 6.07) is 4.59. The summed E-state index contributed by atoms with van der Waals surface area (Å²) < 4.78 is 23.9. The maximum Gasteiger partial charge on any atom is 0.264 e. The first-order valence-electron chi connectivity index (χ1n) is 6.54. The molecule has 1 heterocycles. The first-order chi connectivity index (χ1) is 9.56. The highest BCUT2D eigenvalue weighted by molar-refractivity contribution is 5.30. The Morgan fingerprint density at radius 3 is 2.85 bits per heavy atom. The molecule has 0 saturated heterocycles. The molecule has 2 N–H and O–H groups in total. The Balaban J connectivity index is 2.03. The zero-order chi connectivity index (χ0) is 14.5. The molecule has 0 spiro atoms. The van der Waals surface area contributed by atoms with Crippen LogP contribution in [0.5, 0.6) is 5.75 Å². The quantitative estimate of drug-likeness (QED) is 0.878. The maximum atomic E-state index is 13.5. The molecule has 0 aliphatic heterocycles. The van der Waals surface area contributed by atoms with Gasteiger partial charge in [-0.15, -0.1) is 0 Å². The van der Waals surface area contributed by atoms with E-state index in [1.807, 2.05) is 6.92 Å². The van der Waals surface area contributed by atoms with Crippen LogP contribution in [-0.2, 0) is 13.0 Å². The number of halogens is 1. The van der Waals surface area contributed by atoms with Gasteiger partial charge in [0.05, 0.1) is 0 Å². The second-order valence-corrected chi connectivity index (χ2v) is 4.69. The number of ether oxygens (including phenoxy) is 1. The summed E-state index contributed by atoms with van der Waals surface area (Å²) in [5.41, 5.74) is 6.69. The van der Waals surface area contributed by atoms with Crippen molar-refractivity contribution in [3.05, 3.63) is 41.3 Å². The summed E-state index contributed by atoms with van der Waals surface area (Å²) in [5, 5.41) is 3.66. The molecule has 0 radical (unpaired) electrons. The normalized spacial score (nSPS) is 12.4. The van der Waals surface area contributed by atoms with Crippen LogP contribution in [0.3, 0.4) is 0 Å². The van der Waals surface area contributed by atoms with E-state index in [1.54, 1.807) is 13.0 Å². The van der Waals surface area contributed by atoms with Gasteiger partial charge in [-0.1, -0.05) is 12.1 Å². The highest BCUT2D eigenvalue weighted by atomic mass is 19.1. The molecule has 108 valence electrons. The highest BCUT2D eigenvalue weighted by Gasteiger charge is 2.08. The molecule has 0 saturated carbocycles. The summed E-state index contributed by atoms with van der Waals surface area (Å²) >= 11 is 0. The zero-order valence-electron chi connectivity index (χ0n) is 11.6. The number of aryl methyl sites for hydroxylation is 1. The fraction of sp³-hybridized carbons (Fsp3) is 0.429. The van der Waals surface area contributed by atoms with Gasteiger partial charge in [-0.25, -0.2) is 4.39 Å². The Morgan fingerprint density at radius 2 is 2.20 bits per heavy atom. The summed E-state index contributed by atoms with van der Waals surface area (Å²) in [4.78, 5) is 4.02. The largest absolute Gasteiger partial charge is 0.484 e. The van der Waals surface area contributed by atoms with E-state index in [2.05, 4.69) is 10.1 Å². The van der Waals surface area contributed by atoms with Gasteiger partial charge in [0.1, 0.15) is 11.6 Å². The van der Waals surface area contributed by atoms with Gasteiger partial charge < -0.3 is 15.0 Å². The first kappa shape index (κ1) is 14.5. The Labute approximate surface area is 116 Å². The van der Waals surface area contributed by atoms with Crippen molar-refractivity contribution in [2.75, 3.05) is 0 Å². The lowest BCUT2D eigenvalue weighted by Gasteiger charge is -2.10. The molecule has 1 aromatic carbocycles. The third-order valence-electron chi connectivity index (χ3n) is 2.89. The molecule has 5 nitrogen and oxygen atoms in total. The van der Waals surface area contributed by atoms with E-state index in [0.29, 0.717) is 23.9 Å². The molecule has 0 aliphatic carbocycles. The van der Waals surface area contributed by atoms with E-state index in [1.165, 1.54) is 12.1 Å². The maximum absolute atomic E-state index is 13.5. The van der Waals surface area contributed by atoms with Crippen LogP contribution >= 0.6 is 0 Å². The second kappa shape index (κ2) is 6.47. The molecule has 0 fully saturated rings. The number of hydrogen-bond acceptors (Lipinski definition) is 5. The summed E-state index contributed by atoms with van der Waals surface area (Å²) in [6.07, 6.45) is 1.46. The fourth-order valence-corrected chi connectivity index (χ4v) is 1.81. The predicted octanol–water partition coefficient (Wildman–Crippen LogP) is 2.38. The number of nitrogens with zero attached hydrogens (tertiary/aromatic N) is 2. The van der Waals surface area contributed by atoms with Crippen molar-refractivity contribution in [3.8, 4) is 5.75 Å². The van der Waals surface area contributed by atoms with Crippen LogP contribution in [-0.4, -0.2) is 16.2 Å². The fourth-order valence-electron chi connectivity index (χ4n) is 1.81. The number of hydrogen-bond donors (Lipinski definition) is 1. The minimum atomic E-state index is -0.345. The lowest BCUT2D eigenvalue weighted by atomic mass is 10.0. The van der Waals surface area contributed by atoms with Crippen molar-refractivity contribution in [1.29, 1.82) is 0 Å². The van der Waals surface area contributed by atoms with Crippen molar-refractivity contribution < 1.29 is 13.7 Å². The third-order valence-corrected chi connectivity index (χ3v) is 2.89. The average molecular weight is 279 g/mol. The molecule has 1 atom stereocenters. The van der Waals surface area contributed by atoms with Crippen LogP contribution in [0.4, 0.5) is 4.39 Å². The Morgan fingerprint density at radius 1 is 1.40 bits per heavy atom. The molecular weight excluding hydrogens is 261 g/mol. The number of aromatic nitrogens is 2. The first-order valence-corrected chi connectivity index (χ1v) is 6.54. The van der Waals surface area contributed by atoms with Gasteiger partial charge >= 0.3 is 0 Å². The van der Waals surface area contributed by atoms with E-state index >= 15 is 0 Å². The molecule has 20 heavy (non-hydrogen) atoms. The third kappa shape index (κ3) is 4.03. The Hall–Kier alpha value is -1.95. The smallest absolute Gasteiger partial charge is 0.264 e. The molecule has 1 unspecified atom stereocenters. The molecule has 0 bridgehead atoms. The van der Waals surface area contributed by atoms with E-state index < -0.39 is 0 Å². The van der Waals surface area contributed by atoms with Gasteiger partial charge in [-0.3, -0.25) is 0 Å². The van der Waals surface area contributed by atoms with E-state index in [9.17, 15) is 4.39 Å². The summed E-state index contributed by atoms with van der Waals surface area (Å²) in [5.74, 6) is 0.984. The van der Waals surface area contributed by atoms with E-state index in [0.717, 1.165) is 12.0 Å². The number of nitrogens with two attached hydrogens (primary N) is 1. The van der Waals surface area contributed by atoms with Crippen molar-refractivity contribution in [2.24, 2.45) is 5.73 Å². The van der Waals surface area contributed by atoms with E-state index in [4.69, 9.17) is 15.0 Å². The molecular formula is C14H18FN3O2. The van der Waals surface area contributed by atoms with Crippen molar-refractivity contribution in [3.63, 3.8) is 0 Å². The lowest BCUT2D eigenvalue weighted by Crippen LogP contribution is -2.21. The Bertz CT molecular complexity index is 571. The van der Waals surface area contributed by atoms with Crippen LogP contribution < -0.4 is 10.5 Å². The van der Waals surface area contributed by atoms with Crippen LogP contribution in [0.25, 0.3) is 0 Å². The van der Waals surface area contributed by atoms with Crippen LogP contribution in [0.15, 0.2) is 22.7 Å². The molecule has 1 aromatic heterocycles. The van der Waals surface area contributed by atoms with Crippen molar-refractivity contribution in [1.82, 2.24) is 10.1 Å². The van der Waals surface area contributed by atoms with Crippen LogP contribution in [0, 0.1) is 12.7 Å². The molecule has 6 heteroatoms. The Kier molecular flexibility index (Phi) is 4.68. The van der Waals surface area contributed by atoms with Crippen LogP contribution in [0.2, 0.25) is 0 Å². The molecule has 2 aromatic rings. The summed E-state index contributed by atoms with van der Waals surface area (Å²) in [7, 11) is 0. The van der Waals surface area contributed by atoms with Gasteiger partial charge in [0.15, 0.2) is 12.4 Å². The minimum Gasteiger partial charge on any atom is -0.484 e. The predicted molar refractivity (Wildman–Crippen MR) is 71.7 cm³/mol. The SMILES string of the molecule is CCC(N)Cc1cc(F)cc(OCc2nc(C)no2)c1. The van der Waals surface area contributed by atoms with E-state index in [-0.39, 0.29) is 18.5 Å². The highest BCUT2D eigenvalue weighted by Crippen LogP contribution is 2.19. The monoisotopic (exact) mass is 279 g/mol. The average Bonchev–Trinajstić information content (AvgIpc) is 2.81. The van der Waals surface area contributed by atoms with Crippen molar-refractivity contribution >= 4 is 0 Å². The van der Waals surface area contributed by atoms with Gasteiger partial charge in [0, 0.05) is 12.1 Å². The molecule has 2 rings (SSSR count). The zero-order valence-corrected chi connectivity index (χ0v) is 11.6. The standard InChI is InChI=1S/C14H18FN3O2/c1-3-12(16)5-10-4-11(15)7-13(6-10)19-8-14-17-9(2)18-20-14/h4,6-7,12H,3,5,8,16H2,1-2H3. The number of rotatable bonds is 6. The van der Waals surface area contributed by atoms with Gasteiger partial charge in [-0.2, -0.15) is 4.98 Å². The molecule has 0 aliphatic rings.